The average Bonchev–Trinajstić information content (AvgIpc) is 2.97. The molecule has 0 aliphatic carbocycles. The van der Waals surface area contributed by atoms with Crippen molar-refractivity contribution >= 4 is 10.9 Å². The summed E-state index contributed by atoms with van der Waals surface area (Å²) in [6, 6.07) is 8.34. The molecule has 1 atom stereocenters. The second kappa shape index (κ2) is 6.08. The fourth-order valence-corrected chi connectivity index (χ4v) is 3.76. The highest BCUT2D eigenvalue weighted by Gasteiger charge is 2.40. The van der Waals surface area contributed by atoms with Crippen LogP contribution in [0.4, 0.5) is 0 Å². The van der Waals surface area contributed by atoms with Gasteiger partial charge in [0.1, 0.15) is 5.75 Å². The Bertz CT molecular complexity index is 712. The Balaban J connectivity index is 1.78. The molecule has 1 aliphatic heterocycles. The average molecular weight is 330 g/mol. The maximum atomic E-state index is 6.23. The van der Waals surface area contributed by atoms with E-state index in [1.807, 2.05) is 12.1 Å². The first kappa shape index (κ1) is 17.3. The van der Waals surface area contributed by atoms with Crippen LogP contribution in [0.25, 0.3) is 10.9 Å². The minimum atomic E-state index is -0.0920. The maximum Gasteiger partial charge on any atom is 0.128 e. The van der Waals surface area contributed by atoms with Gasteiger partial charge in [-0.15, -0.1) is 0 Å². The highest BCUT2D eigenvalue weighted by atomic mass is 16.5. The van der Waals surface area contributed by atoms with Crippen molar-refractivity contribution in [2.45, 2.75) is 64.8 Å². The molecule has 1 aromatic carbocycles. The Hall–Kier alpha value is -1.52. The smallest absolute Gasteiger partial charge is 0.128 e. The zero-order chi connectivity index (χ0) is 17.5. The van der Waals surface area contributed by atoms with Gasteiger partial charge in [0.25, 0.3) is 0 Å². The SMILES string of the molecule is COc1cccc2[nH]c(CN3CC(OC(C)(C)C)CC3(C)C)cc12. The third kappa shape index (κ3) is 3.60. The second-order valence-corrected chi connectivity index (χ2v) is 8.47. The molecule has 1 aromatic heterocycles. The molecule has 1 unspecified atom stereocenters. The van der Waals surface area contributed by atoms with Gasteiger partial charge in [0, 0.05) is 35.2 Å². The number of H-pyrrole nitrogens is 1. The van der Waals surface area contributed by atoms with Crippen LogP contribution < -0.4 is 4.74 Å². The van der Waals surface area contributed by atoms with Crippen LogP contribution in [0.2, 0.25) is 0 Å². The van der Waals surface area contributed by atoms with Crippen molar-refractivity contribution < 1.29 is 9.47 Å². The van der Waals surface area contributed by atoms with Gasteiger partial charge in [-0.1, -0.05) is 6.07 Å². The fourth-order valence-electron chi connectivity index (χ4n) is 3.76. The van der Waals surface area contributed by atoms with E-state index in [-0.39, 0.29) is 11.1 Å². The minimum absolute atomic E-state index is 0.0920. The summed E-state index contributed by atoms with van der Waals surface area (Å²) in [5, 5.41) is 1.15. The lowest BCUT2D eigenvalue weighted by Gasteiger charge is -2.30. The quantitative estimate of drug-likeness (QED) is 0.906. The molecule has 0 spiro atoms. The predicted octanol–water partition coefficient (Wildman–Crippen LogP) is 4.34. The number of nitrogens with one attached hydrogen (secondary N) is 1. The molecule has 4 heteroatoms. The third-order valence-corrected chi connectivity index (χ3v) is 4.79. The van der Waals surface area contributed by atoms with E-state index in [0.717, 1.165) is 36.2 Å². The summed E-state index contributed by atoms with van der Waals surface area (Å²) < 4.78 is 11.7. The lowest BCUT2D eigenvalue weighted by Crippen LogP contribution is -2.37. The zero-order valence-corrected chi connectivity index (χ0v) is 15.8. The van der Waals surface area contributed by atoms with Crippen LogP contribution in [0.15, 0.2) is 24.3 Å². The number of ether oxygens (including phenoxy) is 2. The van der Waals surface area contributed by atoms with Crippen LogP contribution in [-0.4, -0.2) is 40.8 Å². The first-order valence-corrected chi connectivity index (χ1v) is 8.75. The summed E-state index contributed by atoms with van der Waals surface area (Å²) in [5.74, 6) is 0.921. The lowest BCUT2D eigenvalue weighted by atomic mass is 10.0. The molecule has 1 fully saturated rings. The van der Waals surface area contributed by atoms with Crippen molar-refractivity contribution in [3.63, 3.8) is 0 Å². The van der Waals surface area contributed by atoms with Gasteiger partial charge in [0.2, 0.25) is 0 Å². The zero-order valence-electron chi connectivity index (χ0n) is 15.8. The van der Waals surface area contributed by atoms with Crippen molar-refractivity contribution in [1.29, 1.82) is 0 Å². The number of aromatic nitrogens is 1. The van der Waals surface area contributed by atoms with Crippen LogP contribution in [-0.2, 0) is 11.3 Å². The normalized spacial score (nSPS) is 21.5. The van der Waals surface area contributed by atoms with Gasteiger partial charge in [-0.05, 0) is 59.2 Å². The molecular weight excluding hydrogens is 300 g/mol. The van der Waals surface area contributed by atoms with Gasteiger partial charge in [-0.3, -0.25) is 4.90 Å². The molecule has 24 heavy (non-hydrogen) atoms. The Morgan fingerprint density at radius 3 is 2.71 bits per heavy atom. The second-order valence-electron chi connectivity index (χ2n) is 8.47. The number of benzene rings is 1. The Morgan fingerprint density at radius 1 is 1.29 bits per heavy atom. The lowest BCUT2D eigenvalue weighted by molar-refractivity contribution is -0.0545. The van der Waals surface area contributed by atoms with E-state index in [2.05, 4.69) is 56.6 Å². The van der Waals surface area contributed by atoms with E-state index in [9.17, 15) is 0 Å². The van der Waals surface area contributed by atoms with Gasteiger partial charge >= 0.3 is 0 Å². The van der Waals surface area contributed by atoms with Crippen LogP contribution in [0.1, 0.15) is 46.7 Å². The molecule has 0 amide bonds. The predicted molar refractivity (Wildman–Crippen MR) is 98.6 cm³/mol. The van der Waals surface area contributed by atoms with Crippen LogP contribution in [0.5, 0.6) is 5.75 Å². The molecule has 2 aromatic rings. The highest BCUT2D eigenvalue weighted by Crippen LogP contribution is 2.34. The number of fused-ring (bicyclic) bond motifs is 1. The molecule has 0 saturated carbocycles. The number of hydrogen-bond acceptors (Lipinski definition) is 3. The Kier molecular flexibility index (Phi) is 4.39. The van der Waals surface area contributed by atoms with E-state index in [4.69, 9.17) is 9.47 Å². The molecule has 1 saturated heterocycles. The number of likely N-dealkylation sites (tertiary alicyclic amines) is 1. The summed E-state index contributed by atoms with van der Waals surface area (Å²) >= 11 is 0. The summed E-state index contributed by atoms with van der Waals surface area (Å²) in [5.41, 5.74) is 2.39. The molecule has 132 valence electrons. The Morgan fingerprint density at radius 2 is 2.04 bits per heavy atom. The molecule has 1 N–H and O–H groups in total. The molecule has 0 radical (unpaired) electrons. The topological polar surface area (TPSA) is 37.5 Å². The highest BCUT2D eigenvalue weighted by molar-refractivity contribution is 5.86. The molecular formula is C20H30N2O2. The largest absolute Gasteiger partial charge is 0.496 e. The number of methoxy groups -OCH3 is 1. The monoisotopic (exact) mass is 330 g/mol. The number of aromatic amines is 1. The number of nitrogens with zero attached hydrogens (tertiary/aromatic N) is 1. The molecule has 2 heterocycles. The molecule has 4 nitrogen and oxygen atoms in total. The van der Waals surface area contributed by atoms with Gasteiger partial charge in [-0.2, -0.15) is 0 Å². The van der Waals surface area contributed by atoms with E-state index >= 15 is 0 Å². The van der Waals surface area contributed by atoms with E-state index in [1.165, 1.54) is 5.69 Å². The summed E-state index contributed by atoms with van der Waals surface area (Å²) in [7, 11) is 1.72. The first-order valence-electron chi connectivity index (χ1n) is 8.75. The number of rotatable bonds is 4. The van der Waals surface area contributed by atoms with Crippen molar-refractivity contribution in [3.8, 4) is 5.75 Å². The van der Waals surface area contributed by atoms with Crippen molar-refractivity contribution in [3.05, 3.63) is 30.0 Å². The first-order chi connectivity index (χ1) is 11.2. The van der Waals surface area contributed by atoms with Crippen LogP contribution in [0.3, 0.4) is 0 Å². The van der Waals surface area contributed by atoms with Crippen LogP contribution in [0, 0.1) is 0 Å². The maximum absolute atomic E-state index is 6.23. The molecule has 3 rings (SSSR count). The van der Waals surface area contributed by atoms with Gasteiger partial charge in [-0.25, -0.2) is 0 Å². The van der Waals surface area contributed by atoms with Gasteiger partial charge in [0.05, 0.1) is 18.8 Å². The number of hydrogen-bond donors (Lipinski definition) is 1. The van der Waals surface area contributed by atoms with E-state index in [0.29, 0.717) is 6.10 Å². The fraction of sp³-hybridized carbons (Fsp3) is 0.600. The van der Waals surface area contributed by atoms with Crippen LogP contribution >= 0.6 is 0 Å². The van der Waals surface area contributed by atoms with Gasteiger partial charge in [0.15, 0.2) is 0 Å². The van der Waals surface area contributed by atoms with Crippen molar-refractivity contribution in [1.82, 2.24) is 9.88 Å². The van der Waals surface area contributed by atoms with E-state index in [1.54, 1.807) is 7.11 Å². The standard InChI is InChI=1S/C20H30N2O2/c1-19(2,3)24-15-11-20(4,5)22(13-15)12-14-10-16-17(21-14)8-7-9-18(16)23-6/h7-10,15,21H,11-13H2,1-6H3. The molecule has 1 aliphatic rings. The summed E-state index contributed by atoms with van der Waals surface area (Å²) in [6.45, 7) is 12.9. The summed E-state index contributed by atoms with van der Waals surface area (Å²) in [6.07, 6.45) is 1.35. The minimum Gasteiger partial charge on any atom is -0.496 e. The van der Waals surface area contributed by atoms with Crippen molar-refractivity contribution in [2.24, 2.45) is 0 Å². The third-order valence-electron chi connectivity index (χ3n) is 4.79. The summed E-state index contributed by atoms with van der Waals surface area (Å²) in [4.78, 5) is 6.05. The Labute approximate surface area is 145 Å². The van der Waals surface area contributed by atoms with Crippen molar-refractivity contribution in [2.75, 3.05) is 13.7 Å². The van der Waals surface area contributed by atoms with Gasteiger partial charge < -0.3 is 14.5 Å². The molecule has 0 bridgehead atoms. The van der Waals surface area contributed by atoms with E-state index < -0.39 is 0 Å².